The molecular formula is C28H32O5Si. The number of hydrogen-bond acceptors (Lipinski definition) is 5. The van der Waals surface area contributed by atoms with Crippen molar-refractivity contribution < 1.29 is 22.8 Å². The average Bonchev–Trinajstić information content (AvgIpc) is 2.87. The Morgan fingerprint density at radius 3 is 1.74 bits per heavy atom. The second-order valence-corrected chi connectivity index (χ2v) is 10.3. The third-order valence-corrected chi connectivity index (χ3v) is 8.94. The molecule has 178 valence electrons. The van der Waals surface area contributed by atoms with Gasteiger partial charge in [-0.25, -0.2) is 0 Å². The van der Waals surface area contributed by atoms with Crippen LogP contribution in [0, 0.1) is 0 Å². The Balaban J connectivity index is 2.20. The van der Waals surface area contributed by atoms with Gasteiger partial charge in [-0.3, -0.25) is 0 Å². The van der Waals surface area contributed by atoms with Crippen LogP contribution < -0.4 is 14.7 Å². The maximum absolute atomic E-state index is 6.31. The first kappa shape index (κ1) is 24.2. The second kappa shape index (κ2) is 10.6. The SMILES string of the molecule is CCO[Si](OCC)(OCC)c1cc2ccccc2c(-c2c(OC)ccc3ccccc23)c1OC. The van der Waals surface area contributed by atoms with E-state index >= 15 is 0 Å². The van der Waals surface area contributed by atoms with Gasteiger partial charge in [0.05, 0.1) is 19.4 Å². The van der Waals surface area contributed by atoms with Crippen LogP contribution in [0.1, 0.15) is 20.8 Å². The van der Waals surface area contributed by atoms with E-state index in [4.69, 9.17) is 22.8 Å². The largest absolute Gasteiger partial charge is 0.541 e. The molecule has 34 heavy (non-hydrogen) atoms. The van der Waals surface area contributed by atoms with E-state index in [1.54, 1.807) is 14.2 Å². The molecule has 0 fully saturated rings. The summed E-state index contributed by atoms with van der Waals surface area (Å²) in [5.74, 6) is 1.46. The summed E-state index contributed by atoms with van der Waals surface area (Å²) in [6.45, 7) is 7.28. The first-order chi connectivity index (χ1) is 16.6. The quantitative estimate of drug-likeness (QED) is 0.265. The van der Waals surface area contributed by atoms with Crippen molar-refractivity contribution in [1.82, 2.24) is 0 Å². The van der Waals surface area contributed by atoms with Crippen LogP contribution in [0.3, 0.4) is 0 Å². The number of benzene rings is 4. The van der Waals surface area contributed by atoms with Gasteiger partial charge in [0.15, 0.2) is 0 Å². The van der Waals surface area contributed by atoms with Gasteiger partial charge in [-0.05, 0) is 54.4 Å². The smallest absolute Gasteiger partial charge is 0.496 e. The van der Waals surface area contributed by atoms with Gasteiger partial charge in [0.25, 0.3) is 0 Å². The first-order valence-corrected chi connectivity index (χ1v) is 13.4. The Hall–Kier alpha value is -2.90. The van der Waals surface area contributed by atoms with Crippen molar-refractivity contribution in [2.45, 2.75) is 20.8 Å². The highest BCUT2D eigenvalue weighted by Gasteiger charge is 2.47. The van der Waals surface area contributed by atoms with Crippen molar-refractivity contribution in [2.75, 3.05) is 34.0 Å². The molecule has 0 radical (unpaired) electrons. The second-order valence-electron chi connectivity index (χ2n) is 7.77. The highest BCUT2D eigenvalue weighted by Crippen LogP contribution is 2.45. The third kappa shape index (κ3) is 4.18. The van der Waals surface area contributed by atoms with E-state index in [0.29, 0.717) is 25.6 Å². The summed E-state index contributed by atoms with van der Waals surface area (Å²) in [6.07, 6.45) is 0. The van der Waals surface area contributed by atoms with Crippen LogP contribution in [0.25, 0.3) is 32.7 Å². The molecule has 6 heteroatoms. The lowest BCUT2D eigenvalue weighted by Crippen LogP contribution is -2.57. The van der Waals surface area contributed by atoms with Gasteiger partial charge in [0.1, 0.15) is 11.5 Å². The molecule has 0 aromatic heterocycles. The van der Waals surface area contributed by atoms with Gasteiger partial charge in [-0.15, -0.1) is 0 Å². The van der Waals surface area contributed by atoms with Crippen molar-refractivity contribution in [1.29, 1.82) is 0 Å². The summed E-state index contributed by atoms with van der Waals surface area (Å²) < 4.78 is 31.0. The Kier molecular flexibility index (Phi) is 7.53. The molecule has 5 nitrogen and oxygen atoms in total. The van der Waals surface area contributed by atoms with Crippen molar-refractivity contribution >= 4 is 35.5 Å². The zero-order valence-corrected chi connectivity index (χ0v) is 21.5. The number of hydrogen-bond donors (Lipinski definition) is 0. The van der Waals surface area contributed by atoms with E-state index in [0.717, 1.165) is 43.6 Å². The van der Waals surface area contributed by atoms with E-state index in [1.165, 1.54) is 0 Å². The van der Waals surface area contributed by atoms with Gasteiger partial charge in [-0.1, -0.05) is 54.6 Å². The lowest BCUT2D eigenvalue weighted by molar-refractivity contribution is 0.0854. The molecule has 0 aliphatic carbocycles. The molecule has 0 spiro atoms. The predicted octanol–water partition coefficient (Wildman–Crippen LogP) is 5.93. The highest BCUT2D eigenvalue weighted by atomic mass is 28.4. The number of fused-ring (bicyclic) bond motifs is 2. The Morgan fingerprint density at radius 2 is 1.18 bits per heavy atom. The summed E-state index contributed by atoms with van der Waals surface area (Å²) in [5, 5.41) is 5.14. The molecular weight excluding hydrogens is 444 g/mol. The zero-order valence-electron chi connectivity index (χ0n) is 20.5. The summed E-state index contributed by atoms with van der Waals surface area (Å²) in [6, 6.07) is 22.8. The van der Waals surface area contributed by atoms with Crippen LogP contribution in [0.2, 0.25) is 0 Å². The molecule has 4 aromatic carbocycles. The Labute approximate surface area is 202 Å². The minimum atomic E-state index is -3.28. The van der Waals surface area contributed by atoms with Crippen LogP contribution in [0.15, 0.2) is 66.7 Å². The van der Waals surface area contributed by atoms with Gasteiger partial charge in [0.2, 0.25) is 0 Å². The van der Waals surface area contributed by atoms with Gasteiger partial charge in [-0.2, -0.15) is 0 Å². The molecule has 0 bridgehead atoms. The van der Waals surface area contributed by atoms with Crippen molar-refractivity contribution in [2.24, 2.45) is 0 Å². The highest BCUT2D eigenvalue weighted by molar-refractivity contribution is 6.76. The molecule has 0 saturated carbocycles. The number of rotatable bonds is 10. The molecule has 0 unspecified atom stereocenters. The van der Waals surface area contributed by atoms with E-state index in [-0.39, 0.29) is 0 Å². The zero-order chi connectivity index (χ0) is 24.1. The van der Waals surface area contributed by atoms with E-state index in [2.05, 4.69) is 36.4 Å². The van der Waals surface area contributed by atoms with E-state index in [1.807, 2.05) is 51.1 Å². The monoisotopic (exact) mass is 476 g/mol. The molecule has 4 rings (SSSR count). The van der Waals surface area contributed by atoms with Crippen LogP contribution >= 0.6 is 0 Å². The Morgan fingerprint density at radius 1 is 0.618 bits per heavy atom. The van der Waals surface area contributed by atoms with Crippen LogP contribution in [-0.2, 0) is 13.3 Å². The van der Waals surface area contributed by atoms with Crippen LogP contribution in [-0.4, -0.2) is 42.8 Å². The van der Waals surface area contributed by atoms with Crippen LogP contribution in [0.5, 0.6) is 11.5 Å². The lowest BCUT2D eigenvalue weighted by Gasteiger charge is -2.31. The predicted molar refractivity (Wildman–Crippen MR) is 140 cm³/mol. The molecule has 0 atom stereocenters. The molecule has 0 N–H and O–H groups in total. The van der Waals surface area contributed by atoms with Gasteiger partial charge < -0.3 is 22.8 Å². The molecule has 4 aromatic rings. The normalized spacial score (nSPS) is 11.8. The van der Waals surface area contributed by atoms with Gasteiger partial charge in [0, 0.05) is 30.9 Å². The lowest BCUT2D eigenvalue weighted by atomic mass is 9.92. The van der Waals surface area contributed by atoms with Crippen molar-refractivity contribution in [3.05, 3.63) is 66.7 Å². The fourth-order valence-electron chi connectivity index (χ4n) is 4.62. The van der Waals surface area contributed by atoms with Crippen LogP contribution in [0.4, 0.5) is 0 Å². The molecule has 0 aliphatic heterocycles. The minimum Gasteiger partial charge on any atom is -0.496 e. The number of methoxy groups -OCH3 is 2. The molecule has 0 saturated heterocycles. The molecule has 0 amide bonds. The fraction of sp³-hybridized carbons (Fsp3) is 0.286. The third-order valence-electron chi connectivity index (χ3n) is 5.90. The maximum atomic E-state index is 6.31. The van der Waals surface area contributed by atoms with Gasteiger partial charge >= 0.3 is 8.80 Å². The fourth-order valence-corrected chi connectivity index (χ4v) is 7.32. The Bertz CT molecular complexity index is 1270. The summed E-state index contributed by atoms with van der Waals surface area (Å²) in [5.41, 5.74) is 1.92. The van der Waals surface area contributed by atoms with E-state index < -0.39 is 8.80 Å². The average molecular weight is 477 g/mol. The summed E-state index contributed by atoms with van der Waals surface area (Å²) >= 11 is 0. The van der Waals surface area contributed by atoms with Crippen molar-refractivity contribution in [3.63, 3.8) is 0 Å². The first-order valence-electron chi connectivity index (χ1n) is 11.7. The molecule has 0 heterocycles. The molecule has 0 aliphatic rings. The maximum Gasteiger partial charge on any atom is 0.541 e. The topological polar surface area (TPSA) is 46.2 Å². The van der Waals surface area contributed by atoms with Crippen molar-refractivity contribution in [3.8, 4) is 22.6 Å². The minimum absolute atomic E-state index is 0.467. The van der Waals surface area contributed by atoms with E-state index in [9.17, 15) is 0 Å². The summed E-state index contributed by atoms with van der Waals surface area (Å²) in [4.78, 5) is 0. The number of ether oxygens (including phenoxy) is 2. The standard InChI is InChI=1S/C28H32O5Si/c1-6-31-34(32-7-2,33-8-3)25-19-21-14-10-12-16-23(21)27(28(25)30-5)26-22-15-11-9-13-20(22)17-18-24(26)29-4/h9-19H,6-8H2,1-5H3. The summed E-state index contributed by atoms with van der Waals surface area (Å²) in [7, 11) is 0.113.